The molecule has 1 aromatic rings. The van der Waals surface area contributed by atoms with Gasteiger partial charge in [-0.2, -0.15) is 0 Å². The summed E-state index contributed by atoms with van der Waals surface area (Å²) in [5.41, 5.74) is 9.29. The molecule has 0 spiro atoms. The maximum atomic E-state index is 12.7. The number of nitrogens with zero attached hydrogens (tertiary/aromatic N) is 1. The minimum Gasteiger partial charge on any atom is -0.339 e. The number of likely N-dealkylation sites (tertiary alicyclic amines) is 1. The van der Waals surface area contributed by atoms with Crippen LogP contribution in [0.2, 0.25) is 0 Å². The van der Waals surface area contributed by atoms with Crippen molar-refractivity contribution in [3.63, 3.8) is 0 Å². The van der Waals surface area contributed by atoms with Crippen LogP contribution in [0.3, 0.4) is 0 Å². The van der Waals surface area contributed by atoms with Gasteiger partial charge in [0.15, 0.2) is 0 Å². The van der Waals surface area contributed by atoms with Crippen molar-refractivity contribution in [2.75, 3.05) is 19.6 Å². The van der Waals surface area contributed by atoms with E-state index < -0.39 is 0 Å². The first-order valence-corrected chi connectivity index (χ1v) is 9.34. The minimum absolute atomic E-state index is 0.291. The summed E-state index contributed by atoms with van der Waals surface area (Å²) in [6.45, 7) is 2.77. The van der Waals surface area contributed by atoms with Crippen LogP contribution < -0.4 is 10.9 Å². The maximum Gasteiger partial charge on any atom is 0.249 e. The fourth-order valence-corrected chi connectivity index (χ4v) is 4.54. The zero-order chi connectivity index (χ0) is 16.4. The molecule has 3 atom stereocenters. The van der Waals surface area contributed by atoms with Crippen LogP contribution in [0.25, 0.3) is 0 Å². The average Bonchev–Trinajstić information content (AvgIpc) is 3.34. The van der Waals surface area contributed by atoms with Gasteiger partial charge in [0.2, 0.25) is 5.91 Å². The van der Waals surface area contributed by atoms with Crippen LogP contribution in [0.5, 0.6) is 0 Å². The summed E-state index contributed by atoms with van der Waals surface area (Å²) in [6, 6.07) is 11.2. The first-order chi connectivity index (χ1) is 11.8. The number of nitrogens with one attached hydrogen (secondary N) is 2. The van der Waals surface area contributed by atoms with E-state index >= 15 is 0 Å². The van der Waals surface area contributed by atoms with Crippen molar-refractivity contribution in [1.29, 1.82) is 0 Å². The van der Waals surface area contributed by atoms with Crippen LogP contribution in [0.15, 0.2) is 42.0 Å². The van der Waals surface area contributed by atoms with Gasteiger partial charge in [-0.3, -0.25) is 15.6 Å². The van der Waals surface area contributed by atoms with Crippen molar-refractivity contribution in [2.24, 2.45) is 5.92 Å². The van der Waals surface area contributed by atoms with Crippen molar-refractivity contribution >= 4 is 5.91 Å². The molecular formula is C20H27N3O. The molecular weight excluding hydrogens is 298 g/mol. The molecule has 2 fully saturated rings. The highest BCUT2D eigenvalue weighted by Crippen LogP contribution is 2.32. The Balaban J connectivity index is 1.46. The Morgan fingerprint density at radius 2 is 2.04 bits per heavy atom. The second-order valence-electron chi connectivity index (χ2n) is 7.34. The highest BCUT2D eigenvalue weighted by atomic mass is 16.2. The largest absolute Gasteiger partial charge is 0.339 e. The summed E-state index contributed by atoms with van der Waals surface area (Å²) < 4.78 is 0. The average molecular weight is 325 g/mol. The molecule has 0 radical (unpaired) electrons. The number of hydrazine groups is 1. The normalized spacial score (nSPS) is 30.4. The van der Waals surface area contributed by atoms with Gasteiger partial charge in [0.05, 0.1) is 0 Å². The lowest BCUT2D eigenvalue weighted by molar-refractivity contribution is -0.129. The van der Waals surface area contributed by atoms with Gasteiger partial charge in [-0.1, -0.05) is 36.4 Å². The topological polar surface area (TPSA) is 44.4 Å². The number of hydrogen-bond donors (Lipinski definition) is 2. The van der Waals surface area contributed by atoms with E-state index in [-0.39, 0.29) is 0 Å². The lowest BCUT2D eigenvalue weighted by atomic mass is 9.81. The molecule has 1 aliphatic carbocycles. The van der Waals surface area contributed by atoms with Gasteiger partial charge >= 0.3 is 0 Å². The molecule has 2 N–H and O–H groups in total. The quantitative estimate of drug-likeness (QED) is 0.898. The lowest BCUT2D eigenvalue weighted by Crippen LogP contribution is -2.48. The molecule has 0 bridgehead atoms. The summed E-state index contributed by atoms with van der Waals surface area (Å²) in [6.07, 6.45) is 7.64. The molecule has 1 amide bonds. The Hall–Kier alpha value is -1.65. The zero-order valence-corrected chi connectivity index (χ0v) is 14.2. The summed E-state index contributed by atoms with van der Waals surface area (Å²) in [5, 5.41) is 0. The monoisotopic (exact) mass is 325 g/mol. The second kappa shape index (κ2) is 7.08. The Morgan fingerprint density at radius 1 is 1.17 bits per heavy atom. The molecule has 2 heterocycles. The van der Waals surface area contributed by atoms with Crippen molar-refractivity contribution in [3.05, 3.63) is 47.5 Å². The van der Waals surface area contributed by atoms with E-state index in [9.17, 15) is 4.79 Å². The van der Waals surface area contributed by atoms with Gasteiger partial charge in [-0.25, -0.2) is 0 Å². The number of benzene rings is 1. The van der Waals surface area contributed by atoms with Gasteiger partial charge in [0.1, 0.15) is 0 Å². The predicted molar refractivity (Wildman–Crippen MR) is 95.3 cm³/mol. The SMILES string of the molecule is O=C(C1=CCCC1)N1CCCC(C2NNCC2c2ccccc2)C1. The fraction of sp³-hybridized carbons (Fsp3) is 0.550. The number of rotatable bonds is 3. The van der Waals surface area contributed by atoms with E-state index in [1.165, 1.54) is 12.0 Å². The summed E-state index contributed by atoms with van der Waals surface area (Å²) in [4.78, 5) is 14.8. The van der Waals surface area contributed by atoms with E-state index in [4.69, 9.17) is 0 Å². The standard InChI is InChI=1S/C20H27N3O/c24-20(16-9-4-5-10-16)23-12-6-11-17(14-23)19-18(13-21-22-19)15-7-2-1-3-8-15/h1-3,7-9,17-19,21-22H,4-6,10-14H2. The van der Waals surface area contributed by atoms with Crippen molar-refractivity contribution in [2.45, 2.75) is 44.1 Å². The van der Waals surface area contributed by atoms with E-state index in [0.29, 0.717) is 23.8 Å². The molecule has 3 aliphatic rings. The van der Waals surface area contributed by atoms with Crippen molar-refractivity contribution in [3.8, 4) is 0 Å². The number of allylic oxidation sites excluding steroid dienone is 1. The molecule has 3 unspecified atom stereocenters. The third-order valence-electron chi connectivity index (χ3n) is 5.82. The number of carbonyl (C=O) groups is 1. The summed E-state index contributed by atoms with van der Waals surface area (Å²) >= 11 is 0. The number of hydrogen-bond acceptors (Lipinski definition) is 3. The highest BCUT2D eigenvalue weighted by Gasteiger charge is 2.37. The van der Waals surface area contributed by atoms with E-state index in [0.717, 1.165) is 50.9 Å². The molecule has 2 aliphatic heterocycles. The van der Waals surface area contributed by atoms with Crippen LogP contribution >= 0.6 is 0 Å². The Kier molecular flexibility index (Phi) is 4.67. The number of amides is 1. The Morgan fingerprint density at radius 3 is 2.83 bits per heavy atom. The number of carbonyl (C=O) groups excluding carboxylic acids is 1. The fourth-order valence-electron chi connectivity index (χ4n) is 4.54. The molecule has 24 heavy (non-hydrogen) atoms. The highest BCUT2D eigenvalue weighted by molar-refractivity contribution is 5.93. The van der Waals surface area contributed by atoms with Crippen LogP contribution in [0, 0.1) is 5.92 Å². The first-order valence-electron chi connectivity index (χ1n) is 9.34. The van der Waals surface area contributed by atoms with Crippen LogP contribution in [0.4, 0.5) is 0 Å². The molecule has 4 rings (SSSR count). The molecule has 0 aromatic heterocycles. The van der Waals surface area contributed by atoms with Gasteiger partial charge in [-0.05, 0) is 43.6 Å². The van der Waals surface area contributed by atoms with Gasteiger partial charge in [0, 0.05) is 37.2 Å². The van der Waals surface area contributed by atoms with Gasteiger partial charge in [-0.15, -0.1) is 0 Å². The predicted octanol–water partition coefficient (Wildman–Crippen LogP) is 2.60. The first kappa shape index (κ1) is 15.9. The van der Waals surface area contributed by atoms with E-state index in [2.05, 4.69) is 52.2 Å². The molecule has 128 valence electrons. The molecule has 0 saturated carbocycles. The summed E-state index contributed by atoms with van der Waals surface area (Å²) in [7, 11) is 0. The van der Waals surface area contributed by atoms with Gasteiger partial charge in [0.25, 0.3) is 0 Å². The Labute approximate surface area is 144 Å². The third-order valence-corrected chi connectivity index (χ3v) is 5.82. The molecule has 4 heteroatoms. The second-order valence-corrected chi connectivity index (χ2v) is 7.34. The van der Waals surface area contributed by atoms with Crippen LogP contribution in [-0.2, 0) is 4.79 Å². The van der Waals surface area contributed by atoms with Crippen molar-refractivity contribution in [1.82, 2.24) is 15.8 Å². The smallest absolute Gasteiger partial charge is 0.249 e. The van der Waals surface area contributed by atoms with E-state index in [1.807, 2.05) is 0 Å². The maximum absolute atomic E-state index is 12.7. The molecule has 2 saturated heterocycles. The van der Waals surface area contributed by atoms with Gasteiger partial charge < -0.3 is 4.90 Å². The van der Waals surface area contributed by atoms with E-state index in [1.54, 1.807) is 0 Å². The van der Waals surface area contributed by atoms with Crippen molar-refractivity contribution < 1.29 is 4.79 Å². The summed E-state index contributed by atoms with van der Waals surface area (Å²) in [5.74, 6) is 1.29. The van der Waals surface area contributed by atoms with Crippen LogP contribution in [0.1, 0.15) is 43.6 Å². The Bertz CT molecular complexity index is 613. The number of piperidine rings is 1. The molecule has 1 aromatic carbocycles. The molecule has 4 nitrogen and oxygen atoms in total. The van der Waals surface area contributed by atoms with Crippen LogP contribution in [-0.4, -0.2) is 36.5 Å². The zero-order valence-electron chi connectivity index (χ0n) is 14.2. The minimum atomic E-state index is 0.291. The third kappa shape index (κ3) is 3.13. The lowest BCUT2D eigenvalue weighted by Gasteiger charge is -2.37.